The van der Waals surface area contributed by atoms with Crippen LogP contribution in [0.25, 0.3) is 0 Å². The molecule has 96 valence electrons. The van der Waals surface area contributed by atoms with Gasteiger partial charge in [0.1, 0.15) is 0 Å². The van der Waals surface area contributed by atoms with E-state index < -0.39 is 27.6 Å². The second kappa shape index (κ2) is 4.52. The highest BCUT2D eigenvalue weighted by atomic mass is 32.2. The molecule has 1 saturated heterocycles. The number of alkyl halides is 3. The maximum atomic E-state index is 12.5. The van der Waals surface area contributed by atoms with Crippen LogP contribution < -0.4 is 0 Å². The third-order valence-corrected chi connectivity index (χ3v) is 4.80. The van der Waals surface area contributed by atoms with Crippen LogP contribution in [-0.4, -0.2) is 30.3 Å². The third kappa shape index (κ3) is 2.20. The first-order chi connectivity index (χ1) is 7.25. The standard InChI is InChI=1S/C9H16F3NO2S/c1-3-7-5-6-8(4-2)13(7)16(14,15)9(10,11)12/h7-8H,3-6H2,1-2H3. The van der Waals surface area contributed by atoms with E-state index >= 15 is 0 Å². The van der Waals surface area contributed by atoms with Gasteiger partial charge in [-0.15, -0.1) is 0 Å². The van der Waals surface area contributed by atoms with E-state index in [4.69, 9.17) is 0 Å². The lowest BCUT2D eigenvalue weighted by atomic mass is 10.1. The van der Waals surface area contributed by atoms with Crippen molar-refractivity contribution in [3.8, 4) is 0 Å². The van der Waals surface area contributed by atoms with Gasteiger partial charge in [-0.25, -0.2) is 8.42 Å². The topological polar surface area (TPSA) is 37.4 Å². The Kier molecular flexibility index (Phi) is 3.89. The molecule has 0 aliphatic carbocycles. The number of halogens is 3. The predicted octanol–water partition coefficient (Wildman–Crippen LogP) is 2.49. The molecule has 0 aromatic rings. The molecule has 2 atom stereocenters. The highest BCUT2D eigenvalue weighted by Crippen LogP contribution is 2.37. The highest BCUT2D eigenvalue weighted by molar-refractivity contribution is 7.90. The highest BCUT2D eigenvalue weighted by Gasteiger charge is 2.54. The summed E-state index contributed by atoms with van der Waals surface area (Å²) in [6.45, 7) is 3.42. The molecule has 3 nitrogen and oxygen atoms in total. The normalized spacial score (nSPS) is 28.6. The lowest BCUT2D eigenvalue weighted by molar-refractivity contribution is -0.0504. The largest absolute Gasteiger partial charge is 0.511 e. The van der Waals surface area contributed by atoms with E-state index in [1.54, 1.807) is 13.8 Å². The van der Waals surface area contributed by atoms with Crippen molar-refractivity contribution in [2.24, 2.45) is 0 Å². The summed E-state index contributed by atoms with van der Waals surface area (Å²) in [5.74, 6) is 0. The summed E-state index contributed by atoms with van der Waals surface area (Å²) in [6.07, 6.45) is 1.88. The van der Waals surface area contributed by atoms with Crippen molar-refractivity contribution in [2.75, 3.05) is 0 Å². The zero-order chi connectivity index (χ0) is 12.6. The molecule has 1 rings (SSSR count). The molecule has 0 saturated carbocycles. The number of hydrogen-bond acceptors (Lipinski definition) is 2. The van der Waals surface area contributed by atoms with Crippen molar-refractivity contribution in [1.29, 1.82) is 0 Å². The van der Waals surface area contributed by atoms with Gasteiger partial charge in [0.15, 0.2) is 0 Å². The summed E-state index contributed by atoms with van der Waals surface area (Å²) in [4.78, 5) is 0. The van der Waals surface area contributed by atoms with E-state index in [1.807, 2.05) is 0 Å². The van der Waals surface area contributed by atoms with Gasteiger partial charge in [0.2, 0.25) is 0 Å². The lowest BCUT2D eigenvalue weighted by Crippen LogP contribution is -2.47. The van der Waals surface area contributed by atoms with Crippen LogP contribution in [0.1, 0.15) is 39.5 Å². The van der Waals surface area contributed by atoms with Crippen LogP contribution >= 0.6 is 0 Å². The van der Waals surface area contributed by atoms with E-state index in [0.717, 1.165) is 0 Å². The van der Waals surface area contributed by atoms with Gasteiger partial charge in [0.05, 0.1) is 0 Å². The van der Waals surface area contributed by atoms with Crippen LogP contribution in [-0.2, 0) is 10.0 Å². The van der Waals surface area contributed by atoms with Gasteiger partial charge in [-0.2, -0.15) is 17.5 Å². The van der Waals surface area contributed by atoms with Gasteiger partial charge in [-0.3, -0.25) is 0 Å². The third-order valence-electron chi connectivity index (χ3n) is 3.07. The van der Waals surface area contributed by atoms with E-state index in [0.29, 0.717) is 30.0 Å². The van der Waals surface area contributed by atoms with E-state index in [1.165, 1.54) is 0 Å². The molecule has 0 radical (unpaired) electrons. The first-order valence-electron chi connectivity index (χ1n) is 5.35. The molecule has 0 aromatic carbocycles. The molecule has 7 heteroatoms. The number of nitrogens with zero attached hydrogens (tertiary/aromatic N) is 1. The molecule has 0 N–H and O–H groups in total. The molecule has 1 fully saturated rings. The van der Waals surface area contributed by atoms with Crippen molar-refractivity contribution in [3.63, 3.8) is 0 Å². The van der Waals surface area contributed by atoms with Gasteiger partial charge in [0.25, 0.3) is 0 Å². The van der Waals surface area contributed by atoms with Crippen molar-refractivity contribution in [1.82, 2.24) is 4.31 Å². The molecule has 16 heavy (non-hydrogen) atoms. The Morgan fingerprint density at radius 2 is 1.50 bits per heavy atom. The van der Waals surface area contributed by atoms with Gasteiger partial charge < -0.3 is 0 Å². The summed E-state index contributed by atoms with van der Waals surface area (Å²) in [5.41, 5.74) is -5.18. The first kappa shape index (κ1) is 13.8. The van der Waals surface area contributed by atoms with Crippen molar-refractivity contribution >= 4 is 10.0 Å². The summed E-state index contributed by atoms with van der Waals surface area (Å²) in [5, 5.41) is 0. The molecule has 1 aliphatic rings. The Balaban J connectivity index is 3.08. The van der Waals surface area contributed by atoms with Crippen molar-refractivity contribution in [2.45, 2.75) is 57.1 Å². The molecule has 0 spiro atoms. The molecule has 2 unspecified atom stereocenters. The molecule has 0 bridgehead atoms. The Hall–Kier alpha value is -0.300. The molecule has 0 aromatic heterocycles. The van der Waals surface area contributed by atoms with Crippen molar-refractivity contribution in [3.05, 3.63) is 0 Å². The molecular formula is C9H16F3NO2S. The van der Waals surface area contributed by atoms with Crippen LogP contribution in [0.4, 0.5) is 13.2 Å². The average Bonchev–Trinajstić information content (AvgIpc) is 2.58. The minimum absolute atomic E-state index is 0.422. The Morgan fingerprint density at radius 1 is 1.12 bits per heavy atom. The minimum Gasteiger partial charge on any atom is -0.203 e. The Morgan fingerprint density at radius 3 is 1.75 bits per heavy atom. The summed E-state index contributed by atoms with van der Waals surface area (Å²) in [7, 11) is -5.17. The van der Waals surface area contributed by atoms with Crippen LogP contribution in [0.2, 0.25) is 0 Å². The van der Waals surface area contributed by atoms with Crippen LogP contribution in [0.15, 0.2) is 0 Å². The molecule has 1 heterocycles. The zero-order valence-electron chi connectivity index (χ0n) is 9.29. The monoisotopic (exact) mass is 259 g/mol. The zero-order valence-corrected chi connectivity index (χ0v) is 10.1. The second-order valence-electron chi connectivity index (χ2n) is 3.98. The van der Waals surface area contributed by atoms with Crippen LogP contribution in [0, 0.1) is 0 Å². The number of rotatable bonds is 3. The summed E-state index contributed by atoms with van der Waals surface area (Å²) >= 11 is 0. The summed E-state index contributed by atoms with van der Waals surface area (Å²) in [6, 6.07) is -1.01. The van der Waals surface area contributed by atoms with Crippen LogP contribution in [0.5, 0.6) is 0 Å². The fraction of sp³-hybridized carbons (Fsp3) is 1.00. The first-order valence-corrected chi connectivity index (χ1v) is 6.79. The van der Waals surface area contributed by atoms with Crippen molar-refractivity contribution < 1.29 is 21.6 Å². The van der Waals surface area contributed by atoms with Gasteiger partial charge in [-0.05, 0) is 25.7 Å². The lowest BCUT2D eigenvalue weighted by Gasteiger charge is -2.28. The Labute approximate surface area is 93.7 Å². The maximum absolute atomic E-state index is 12.5. The fourth-order valence-electron chi connectivity index (χ4n) is 2.22. The van der Waals surface area contributed by atoms with E-state index in [9.17, 15) is 21.6 Å². The number of hydrogen-bond donors (Lipinski definition) is 0. The fourth-order valence-corrected chi connectivity index (χ4v) is 3.75. The van der Waals surface area contributed by atoms with E-state index in [2.05, 4.69) is 0 Å². The predicted molar refractivity (Wildman–Crippen MR) is 54.2 cm³/mol. The number of sulfonamides is 1. The average molecular weight is 259 g/mol. The van der Waals surface area contributed by atoms with Gasteiger partial charge in [-0.1, -0.05) is 13.8 Å². The SMILES string of the molecule is CCC1CCC(CC)N1S(=O)(=O)C(F)(F)F. The van der Waals surface area contributed by atoms with E-state index in [-0.39, 0.29) is 0 Å². The molecule has 1 aliphatic heterocycles. The Bertz CT molecular complexity index is 327. The van der Waals surface area contributed by atoms with Gasteiger partial charge >= 0.3 is 15.5 Å². The smallest absolute Gasteiger partial charge is 0.203 e. The molecule has 0 amide bonds. The van der Waals surface area contributed by atoms with Gasteiger partial charge in [0, 0.05) is 12.1 Å². The second-order valence-corrected chi connectivity index (χ2v) is 5.82. The quantitative estimate of drug-likeness (QED) is 0.781. The maximum Gasteiger partial charge on any atom is 0.511 e. The molecular weight excluding hydrogens is 243 g/mol. The van der Waals surface area contributed by atoms with Crippen LogP contribution in [0.3, 0.4) is 0 Å². The minimum atomic E-state index is -5.18. The summed E-state index contributed by atoms with van der Waals surface area (Å²) < 4.78 is 60.9.